The molecule has 0 saturated carbocycles. The summed E-state index contributed by atoms with van der Waals surface area (Å²) in [5.74, 6) is -1.27. The fourth-order valence-corrected chi connectivity index (χ4v) is 4.96. The summed E-state index contributed by atoms with van der Waals surface area (Å²) in [6, 6.07) is 14.5. The molecule has 4 aromatic rings. The second kappa shape index (κ2) is 14.8. The molecule has 0 spiro atoms. The van der Waals surface area contributed by atoms with Gasteiger partial charge in [-0.15, -0.1) is 0 Å². The smallest absolute Gasteiger partial charge is 0.255 e. The first kappa shape index (κ1) is 31.7. The molecule has 13 heteroatoms. The van der Waals surface area contributed by atoms with Gasteiger partial charge in [-0.1, -0.05) is 12.1 Å². The van der Waals surface area contributed by atoms with Crippen LogP contribution in [0.2, 0.25) is 0 Å². The van der Waals surface area contributed by atoms with Crippen LogP contribution in [0.5, 0.6) is 17.2 Å². The number of nitrogens with one attached hydrogen (secondary N) is 3. The van der Waals surface area contributed by atoms with E-state index in [1.807, 2.05) is 0 Å². The largest absolute Gasteiger partial charge is 0.496 e. The van der Waals surface area contributed by atoms with Gasteiger partial charge in [0.1, 0.15) is 17.3 Å². The maximum Gasteiger partial charge on any atom is 0.255 e. The van der Waals surface area contributed by atoms with Crippen molar-refractivity contribution in [2.45, 2.75) is 6.42 Å². The van der Waals surface area contributed by atoms with Crippen LogP contribution in [0.3, 0.4) is 0 Å². The average Bonchev–Trinajstić information content (AvgIpc) is 3.03. The predicted molar refractivity (Wildman–Crippen MR) is 169 cm³/mol. The maximum atomic E-state index is 15.2. The van der Waals surface area contributed by atoms with E-state index in [-0.39, 0.29) is 34.6 Å². The molecule has 1 aromatic heterocycles. The van der Waals surface area contributed by atoms with E-state index in [0.717, 1.165) is 13.1 Å². The van der Waals surface area contributed by atoms with Crippen molar-refractivity contribution in [2.75, 3.05) is 51.8 Å². The molecule has 0 aliphatic carbocycles. The molecule has 1 aliphatic heterocycles. The van der Waals surface area contributed by atoms with Gasteiger partial charge >= 0.3 is 0 Å². The quantitative estimate of drug-likeness (QED) is 0.218. The minimum atomic E-state index is -0.694. The molecule has 234 valence electrons. The Hall–Kier alpha value is -4.72. The number of carbonyl (C=O) groups is 2. The Morgan fingerprint density at radius 3 is 2.51 bits per heavy atom. The highest BCUT2D eigenvalue weighted by atomic mass is 32.1. The summed E-state index contributed by atoms with van der Waals surface area (Å²) >= 11 is 5.18. The van der Waals surface area contributed by atoms with Gasteiger partial charge in [0.15, 0.2) is 16.7 Å². The molecule has 5 rings (SSSR count). The number of anilines is 1. The van der Waals surface area contributed by atoms with Crippen molar-refractivity contribution in [3.63, 3.8) is 0 Å². The molecule has 0 bridgehead atoms. The van der Waals surface area contributed by atoms with E-state index in [9.17, 15) is 14.0 Å². The number of carbonyl (C=O) groups excluding carboxylic acids is 2. The summed E-state index contributed by atoms with van der Waals surface area (Å²) in [7, 11) is 1.47. The van der Waals surface area contributed by atoms with Gasteiger partial charge in [0.25, 0.3) is 5.91 Å². The highest BCUT2D eigenvalue weighted by Gasteiger charge is 2.18. The number of morpholine rings is 1. The lowest BCUT2D eigenvalue weighted by Crippen LogP contribution is -2.41. The van der Waals surface area contributed by atoms with E-state index in [2.05, 4.69) is 25.8 Å². The van der Waals surface area contributed by atoms with E-state index < -0.39 is 17.5 Å². The van der Waals surface area contributed by atoms with Gasteiger partial charge in [-0.05, 0) is 54.2 Å². The lowest BCUT2D eigenvalue weighted by atomic mass is 10.1. The minimum Gasteiger partial charge on any atom is -0.496 e. The van der Waals surface area contributed by atoms with E-state index in [1.165, 1.54) is 55.8 Å². The molecule has 1 saturated heterocycles. The molecule has 2 amide bonds. The SMILES string of the molecule is COc1cc2nccc(Oc3ccc(NC(=S)NC(=O)Cc4ccc(F)cc4)cc3F)c2cc1C(=O)NCCN1CCOCC1. The van der Waals surface area contributed by atoms with Gasteiger partial charge in [-0.2, -0.15) is 0 Å². The number of amides is 2. The van der Waals surface area contributed by atoms with Crippen LogP contribution in [0.4, 0.5) is 14.5 Å². The molecule has 0 atom stereocenters. The number of hydrogen-bond acceptors (Lipinski definition) is 8. The highest BCUT2D eigenvalue weighted by Crippen LogP contribution is 2.34. The summed E-state index contributed by atoms with van der Waals surface area (Å²) in [6.45, 7) is 4.12. The lowest BCUT2D eigenvalue weighted by molar-refractivity contribution is -0.119. The zero-order chi connectivity index (χ0) is 31.8. The third-order valence-corrected chi connectivity index (χ3v) is 7.23. The number of hydrogen-bond donors (Lipinski definition) is 3. The number of halogens is 2. The first-order valence-corrected chi connectivity index (χ1v) is 14.6. The number of benzene rings is 3. The Balaban J connectivity index is 1.24. The first-order valence-electron chi connectivity index (χ1n) is 14.2. The van der Waals surface area contributed by atoms with Gasteiger partial charge in [0.2, 0.25) is 5.91 Å². The summed E-state index contributed by atoms with van der Waals surface area (Å²) in [6.07, 6.45) is 1.51. The molecule has 0 unspecified atom stereocenters. The van der Waals surface area contributed by atoms with Crippen LogP contribution in [0.1, 0.15) is 15.9 Å². The fourth-order valence-electron chi connectivity index (χ4n) is 4.73. The van der Waals surface area contributed by atoms with E-state index in [1.54, 1.807) is 18.2 Å². The highest BCUT2D eigenvalue weighted by molar-refractivity contribution is 7.80. The summed E-state index contributed by atoms with van der Waals surface area (Å²) in [4.78, 5) is 32.0. The second-order valence-electron chi connectivity index (χ2n) is 10.1. The van der Waals surface area contributed by atoms with Crippen LogP contribution in [0.25, 0.3) is 10.9 Å². The minimum absolute atomic E-state index is 0.00713. The Morgan fingerprint density at radius 2 is 1.78 bits per heavy atom. The second-order valence-corrected chi connectivity index (χ2v) is 10.5. The zero-order valence-corrected chi connectivity index (χ0v) is 25.2. The summed E-state index contributed by atoms with van der Waals surface area (Å²) in [5, 5.41) is 8.67. The number of rotatable bonds is 10. The van der Waals surface area contributed by atoms with Crippen molar-refractivity contribution < 1.29 is 32.6 Å². The summed E-state index contributed by atoms with van der Waals surface area (Å²) in [5.41, 5.74) is 1.68. The number of thiocarbonyl (C=S) groups is 1. The third kappa shape index (κ3) is 8.47. The number of aromatic nitrogens is 1. The Kier molecular flexibility index (Phi) is 10.5. The van der Waals surface area contributed by atoms with Crippen molar-refractivity contribution in [1.82, 2.24) is 20.5 Å². The van der Waals surface area contributed by atoms with Crippen molar-refractivity contribution in [2.24, 2.45) is 0 Å². The van der Waals surface area contributed by atoms with Crippen molar-refractivity contribution in [3.05, 3.63) is 89.6 Å². The predicted octanol–water partition coefficient (Wildman–Crippen LogP) is 4.43. The molecule has 45 heavy (non-hydrogen) atoms. The monoisotopic (exact) mass is 635 g/mol. The van der Waals surface area contributed by atoms with Crippen LogP contribution in [-0.2, 0) is 16.0 Å². The summed E-state index contributed by atoms with van der Waals surface area (Å²) < 4.78 is 45.0. The average molecular weight is 636 g/mol. The molecular weight excluding hydrogens is 604 g/mol. The third-order valence-electron chi connectivity index (χ3n) is 7.03. The topological polar surface area (TPSA) is 114 Å². The standard InChI is InChI=1S/C32H31F2N5O5S/c1-42-29-19-26-23(18-24(29)31(41)36-10-11-39-12-14-43-15-13-39)27(8-9-35-26)44-28-7-6-22(17-25(28)34)37-32(45)38-30(40)16-20-2-4-21(33)5-3-20/h2-9,17-19H,10-16H2,1H3,(H,36,41)(H2,37,38,40,45). The number of pyridine rings is 1. The lowest BCUT2D eigenvalue weighted by Gasteiger charge is -2.26. The van der Waals surface area contributed by atoms with Crippen molar-refractivity contribution >= 4 is 45.7 Å². The van der Waals surface area contributed by atoms with Crippen LogP contribution in [0.15, 0.2) is 66.9 Å². The number of ether oxygens (including phenoxy) is 3. The van der Waals surface area contributed by atoms with Gasteiger partial charge < -0.3 is 30.2 Å². The molecule has 10 nitrogen and oxygen atoms in total. The number of nitrogens with zero attached hydrogens (tertiary/aromatic N) is 2. The van der Waals surface area contributed by atoms with E-state index in [4.69, 9.17) is 26.4 Å². The molecule has 0 radical (unpaired) electrons. The van der Waals surface area contributed by atoms with Crippen LogP contribution < -0.4 is 25.4 Å². The fraction of sp³-hybridized carbons (Fsp3) is 0.250. The molecule has 1 aliphatic rings. The molecule has 3 N–H and O–H groups in total. The van der Waals surface area contributed by atoms with E-state index in [0.29, 0.717) is 54.1 Å². The van der Waals surface area contributed by atoms with Crippen molar-refractivity contribution in [1.29, 1.82) is 0 Å². The molecule has 1 fully saturated rings. The molecule has 2 heterocycles. The Labute approximate surface area is 263 Å². The number of methoxy groups -OCH3 is 1. The van der Waals surface area contributed by atoms with Gasteiger partial charge in [0.05, 0.1) is 37.8 Å². The van der Waals surface area contributed by atoms with Gasteiger partial charge in [-0.3, -0.25) is 19.5 Å². The van der Waals surface area contributed by atoms with Crippen LogP contribution in [0, 0.1) is 11.6 Å². The van der Waals surface area contributed by atoms with Crippen LogP contribution in [-0.4, -0.2) is 73.3 Å². The molecule has 3 aromatic carbocycles. The first-order chi connectivity index (χ1) is 21.8. The zero-order valence-electron chi connectivity index (χ0n) is 24.4. The van der Waals surface area contributed by atoms with Crippen LogP contribution >= 0.6 is 12.2 Å². The van der Waals surface area contributed by atoms with Gasteiger partial charge in [0, 0.05) is 55.6 Å². The Bertz CT molecular complexity index is 1700. The number of fused-ring (bicyclic) bond motifs is 1. The van der Waals surface area contributed by atoms with E-state index >= 15 is 4.39 Å². The normalized spacial score (nSPS) is 13.2. The maximum absolute atomic E-state index is 15.2. The van der Waals surface area contributed by atoms with Gasteiger partial charge in [-0.25, -0.2) is 8.78 Å². The molecular formula is C32H31F2N5O5S. The van der Waals surface area contributed by atoms with Crippen molar-refractivity contribution in [3.8, 4) is 17.2 Å². The Morgan fingerprint density at radius 1 is 1.00 bits per heavy atom.